The second kappa shape index (κ2) is 8.36. The number of ether oxygens (including phenoxy) is 1. The molecule has 1 amide bonds. The predicted molar refractivity (Wildman–Crippen MR) is 100 cm³/mol. The van der Waals surface area contributed by atoms with E-state index in [1.54, 1.807) is 10.9 Å². The van der Waals surface area contributed by atoms with Crippen LogP contribution in [0, 0.1) is 0 Å². The quantitative estimate of drug-likeness (QED) is 0.701. The van der Waals surface area contributed by atoms with E-state index < -0.39 is 0 Å². The van der Waals surface area contributed by atoms with Crippen molar-refractivity contribution < 1.29 is 9.53 Å². The summed E-state index contributed by atoms with van der Waals surface area (Å²) >= 11 is 1.46. The van der Waals surface area contributed by atoms with Crippen LogP contribution in [0.3, 0.4) is 0 Å². The van der Waals surface area contributed by atoms with Crippen molar-refractivity contribution in [2.45, 2.75) is 38.5 Å². The summed E-state index contributed by atoms with van der Waals surface area (Å²) in [4.78, 5) is 12.3. The Kier molecular flexibility index (Phi) is 5.50. The zero-order valence-electron chi connectivity index (χ0n) is 14.7. The molecule has 0 radical (unpaired) electrons. The van der Waals surface area contributed by atoms with Crippen LogP contribution in [0.4, 0.5) is 0 Å². The molecule has 0 aliphatic carbocycles. The monoisotopic (exact) mass is 384 g/mol. The molecule has 2 aromatic heterocycles. The van der Waals surface area contributed by atoms with Crippen LogP contribution < -0.4 is 5.32 Å². The first-order valence-corrected chi connectivity index (χ1v) is 9.77. The highest BCUT2D eigenvalue weighted by Crippen LogP contribution is 2.22. The van der Waals surface area contributed by atoms with Crippen LogP contribution in [-0.4, -0.2) is 43.8 Å². The average Bonchev–Trinajstić information content (AvgIpc) is 3.37. The molecule has 1 unspecified atom stereocenters. The molecular weight excluding hydrogens is 364 g/mol. The summed E-state index contributed by atoms with van der Waals surface area (Å²) < 4.78 is 7.36. The SMILES string of the molecule is O=C(NCc1nnc(-c2ccccc2)s1)c1cn(CC2CCCCO2)nn1. The van der Waals surface area contributed by atoms with Crippen molar-refractivity contribution in [1.29, 1.82) is 0 Å². The molecule has 1 aliphatic heterocycles. The molecule has 8 nitrogen and oxygen atoms in total. The Labute approximate surface area is 160 Å². The van der Waals surface area contributed by atoms with E-state index in [1.165, 1.54) is 17.8 Å². The fourth-order valence-electron chi connectivity index (χ4n) is 2.92. The van der Waals surface area contributed by atoms with Crippen LogP contribution in [0.2, 0.25) is 0 Å². The summed E-state index contributed by atoms with van der Waals surface area (Å²) in [5, 5.41) is 20.7. The van der Waals surface area contributed by atoms with Crippen molar-refractivity contribution >= 4 is 17.2 Å². The van der Waals surface area contributed by atoms with Crippen LogP contribution in [0.15, 0.2) is 36.5 Å². The Hall–Kier alpha value is -2.65. The van der Waals surface area contributed by atoms with Gasteiger partial charge >= 0.3 is 0 Å². The van der Waals surface area contributed by atoms with E-state index in [-0.39, 0.29) is 12.0 Å². The number of nitrogens with zero attached hydrogens (tertiary/aromatic N) is 5. The van der Waals surface area contributed by atoms with E-state index in [1.807, 2.05) is 30.3 Å². The molecule has 0 bridgehead atoms. The second-order valence-corrected chi connectivity index (χ2v) is 7.43. The third kappa shape index (κ3) is 4.55. The number of aromatic nitrogens is 5. The number of carbonyl (C=O) groups excluding carboxylic acids is 1. The van der Waals surface area contributed by atoms with Gasteiger partial charge in [-0.1, -0.05) is 46.9 Å². The summed E-state index contributed by atoms with van der Waals surface area (Å²) in [6, 6.07) is 9.84. The number of benzene rings is 1. The van der Waals surface area contributed by atoms with Gasteiger partial charge in [0.15, 0.2) is 5.69 Å². The van der Waals surface area contributed by atoms with Gasteiger partial charge in [-0.3, -0.25) is 4.79 Å². The van der Waals surface area contributed by atoms with E-state index >= 15 is 0 Å². The van der Waals surface area contributed by atoms with Gasteiger partial charge in [-0.05, 0) is 19.3 Å². The molecular formula is C18H20N6O2S. The third-order valence-electron chi connectivity index (χ3n) is 4.32. The number of hydrogen-bond donors (Lipinski definition) is 1. The lowest BCUT2D eigenvalue weighted by atomic mass is 10.1. The molecule has 1 saturated heterocycles. The molecule has 3 heterocycles. The maximum atomic E-state index is 12.3. The van der Waals surface area contributed by atoms with E-state index in [9.17, 15) is 4.79 Å². The summed E-state index contributed by atoms with van der Waals surface area (Å²) in [5.74, 6) is -0.276. The van der Waals surface area contributed by atoms with Gasteiger partial charge in [-0.25, -0.2) is 4.68 Å². The van der Waals surface area contributed by atoms with Gasteiger partial charge in [0, 0.05) is 12.2 Å². The molecule has 1 aliphatic rings. The van der Waals surface area contributed by atoms with Gasteiger partial charge in [0.05, 0.1) is 25.4 Å². The average molecular weight is 384 g/mol. The topological polar surface area (TPSA) is 94.8 Å². The van der Waals surface area contributed by atoms with Crippen molar-refractivity contribution in [3.05, 3.63) is 47.2 Å². The van der Waals surface area contributed by atoms with Gasteiger partial charge in [0.2, 0.25) is 0 Å². The lowest BCUT2D eigenvalue weighted by molar-refractivity contribution is 0.00369. The van der Waals surface area contributed by atoms with E-state index in [2.05, 4.69) is 25.8 Å². The van der Waals surface area contributed by atoms with E-state index in [0.717, 1.165) is 35.0 Å². The number of amides is 1. The first kappa shape index (κ1) is 17.7. The van der Waals surface area contributed by atoms with E-state index in [0.29, 0.717) is 18.8 Å². The lowest BCUT2D eigenvalue weighted by Crippen LogP contribution is -2.25. The van der Waals surface area contributed by atoms with Crippen LogP contribution >= 0.6 is 11.3 Å². The minimum atomic E-state index is -0.276. The highest BCUT2D eigenvalue weighted by Gasteiger charge is 2.17. The molecule has 1 fully saturated rings. The molecule has 140 valence electrons. The molecule has 1 aromatic carbocycles. The normalized spacial score (nSPS) is 17.0. The summed E-state index contributed by atoms with van der Waals surface area (Å²) in [6.07, 6.45) is 5.10. The Morgan fingerprint density at radius 1 is 1.22 bits per heavy atom. The predicted octanol–water partition coefficient (Wildman–Crippen LogP) is 2.30. The summed E-state index contributed by atoms with van der Waals surface area (Å²) in [7, 11) is 0. The second-order valence-electron chi connectivity index (χ2n) is 6.36. The van der Waals surface area contributed by atoms with E-state index in [4.69, 9.17) is 4.74 Å². The first-order chi connectivity index (χ1) is 13.3. The lowest BCUT2D eigenvalue weighted by Gasteiger charge is -2.21. The molecule has 1 N–H and O–H groups in total. The standard InChI is InChI=1S/C18H20N6O2S/c25-17(15-12-24(23-20-15)11-14-8-4-5-9-26-14)19-10-16-21-22-18(27-16)13-6-2-1-3-7-13/h1-3,6-7,12,14H,4-5,8-11H2,(H,19,25). The van der Waals surface area contributed by atoms with Crippen molar-refractivity contribution in [3.63, 3.8) is 0 Å². The third-order valence-corrected chi connectivity index (χ3v) is 5.30. The van der Waals surface area contributed by atoms with Gasteiger partial charge in [0.25, 0.3) is 5.91 Å². The van der Waals surface area contributed by atoms with Gasteiger partial charge in [0.1, 0.15) is 10.0 Å². The van der Waals surface area contributed by atoms with Crippen LogP contribution in [0.5, 0.6) is 0 Å². The fraction of sp³-hybridized carbons (Fsp3) is 0.389. The van der Waals surface area contributed by atoms with Crippen LogP contribution in [-0.2, 0) is 17.8 Å². The molecule has 4 rings (SSSR count). The minimum absolute atomic E-state index is 0.147. The maximum Gasteiger partial charge on any atom is 0.273 e. The van der Waals surface area contributed by atoms with Crippen molar-refractivity contribution in [2.24, 2.45) is 0 Å². The number of rotatable bonds is 6. The summed E-state index contributed by atoms with van der Waals surface area (Å²) in [6.45, 7) is 1.72. The Balaban J connectivity index is 1.31. The summed E-state index contributed by atoms with van der Waals surface area (Å²) in [5.41, 5.74) is 1.30. The maximum absolute atomic E-state index is 12.3. The fourth-order valence-corrected chi connectivity index (χ4v) is 3.71. The largest absolute Gasteiger partial charge is 0.376 e. The highest BCUT2D eigenvalue weighted by atomic mass is 32.1. The van der Waals surface area contributed by atoms with Crippen molar-refractivity contribution in [1.82, 2.24) is 30.5 Å². The van der Waals surface area contributed by atoms with Gasteiger partial charge in [-0.2, -0.15) is 0 Å². The van der Waals surface area contributed by atoms with Gasteiger partial charge < -0.3 is 10.1 Å². The Morgan fingerprint density at radius 2 is 2.11 bits per heavy atom. The van der Waals surface area contributed by atoms with Gasteiger partial charge in [-0.15, -0.1) is 15.3 Å². The molecule has 0 spiro atoms. The molecule has 0 saturated carbocycles. The molecule has 1 atom stereocenters. The number of nitrogens with one attached hydrogen (secondary N) is 1. The van der Waals surface area contributed by atoms with Crippen molar-refractivity contribution in [3.8, 4) is 10.6 Å². The smallest absolute Gasteiger partial charge is 0.273 e. The number of carbonyl (C=O) groups is 1. The molecule has 3 aromatic rings. The first-order valence-electron chi connectivity index (χ1n) is 8.95. The van der Waals surface area contributed by atoms with Crippen molar-refractivity contribution in [2.75, 3.05) is 6.61 Å². The minimum Gasteiger partial charge on any atom is -0.376 e. The highest BCUT2D eigenvalue weighted by molar-refractivity contribution is 7.14. The van der Waals surface area contributed by atoms with Crippen LogP contribution in [0.1, 0.15) is 34.8 Å². The Bertz CT molecular complexity index is 888. The Morgan fingerprint density at radius 3 is 2.93 bits per heavy atom. The zero-order chi connectivity index (χ0) is 18.5. The molecule has 9 heteroatoms. The number of hydrogen-bond acceptors (Lipinski definition) is 7. The van der Waals surface area contributed by atoms with Crippen LogP contribution in [0.25, 0.3) is 10.6 Å². The zero-order valence-corrected chi connectivity index (χ0v) is 15.6. The molecule has 27 heavy (non-hydrogen) atoms.